The third kappa shape index (κ3) is 2.08. The standard InChI is InChI=1S/C18H15N3O2/c1-3-14-9-17(10-19,11-20)15(13-7-5-4-6-8-13)18(14,12-21)16(22)23-2/h3-8,14-15H,1,9H2,2H3. The van der Waals surface area contributed by atoms with Gasteiger partial charge in [0.1, 0.15) is 0 Å². The van der Waals surface area contributed by atoms with E-state index in [1.54, 1.807) is 30.3 Å². The topological polar surface area (TPSA) is 97.7 Å². The van der Waals surface area contributed by atoms with E-state index in [1.807, 2.05) is 12.1 Å². The van der Waals surface area contributed by atoms with Crippen LogP contribution in [0.15, 0.2) is 43.0 Å². The Hall–Kier alpha value is -3.10. The van der Waals surface area contributed by atoms with Crippen molar-refractivity contribution in [3.63, 3.8) is 0 Å². The van der Waals surface area contributed by atoms with E-state index in [4.69, 9.17) is 4.74 Å². The summed E-state index contributed by atoms with van der Waals surface area (Å²) < 4.78 is 4.87. The first-order chi connectivity index (χ1) is 11.1. The Bertz CT molecular complexity index is 737. The van der Waals surface area contributed by atoms with Gasteiger partial charge in [-0.1, -0.05) is 36.4 Å². The molecule has 5 nitrogen and oxygen atoms in total. The third-order valence-corrected chi connectivity index (χ3v) is 4.60. The fourth-order valence-electron chi connectivity index (χ4n) is 3.57. The average molecular weight is 305 g/mol. The molecule has 1 aliphatic carbocycles. The van der Waals surface area contributed by atoms with Crippen LogP contribution >= 0.6 is 0 Å². The Balaban J connectivity index is 2.83. The van der Waals surface area contributed by atoms with Crippen molar-refractivity contribution in [1.82, 2.24) is 0 Å². The normalized spacial score (nSPS) is 27.9. The average Bonchev–Trinajstić information content (AvgIpc) is 2.92. The third-order valence-electron chi connectivity index (χ3n) is 4.60. The zero-order valence-electron chi connectivity index (χ0n) is 12.7. The fraction of sp³-hybridized carbons (Fsp3) is 0.333. The lowest BCUT2D eigenvalue weighted by atomic mass is 9.65. The lowest BCUT2D eigenvalue weighted by Crippen LogP contribution is -2.41. The van der Waals surface area contributed by atoms with E-state index >= 15 is 0 Å². The minimum Gasteiger partial charge on any atom is -0.468 e. The SMILES string of the molecule is C=CC1CC(C#N)(C#N)C(c2ccccc2)C1(C#N)C(=O)OC. The predicted molar refractivity (Wildman–Crippen MR) is 81.2 cm³/mol. The molecule has 0 saturated heterocycles. The zero-order valence-corrected chi connectivity index (χ0v) is 12.7. The van der Waals surface area contributed by atoms with E-state index in [9.17, 15) is 20.6 Å². The summed E-state index contributed by atoms with van der Waals surface area (Å²) in [5.74, 6) is -2.30. The molecule has 3 unspecified atom stereocenters. The zero-order chi connectivity index (χ0) is 17.1. The minimum atomic E-state index is -1.65. The molecule has 3 atom stereocenters. The first-order valence-electron chi connectivity index (χ1n) is 7.06. The first-order valence-corrected chi connectivity index (χ1v) is 7.06. The lowest BCUT2D eigenvalue weighted by Gasteiger charge is -2.32. The Labute approximate surface area is 135 Å². The van der Waals surface area contributed by atoms with Gasteiger partial charge in [-0.2, -0.15) is 15.8 Å². The summed E-state index contributed by atoms with van der Waals surface area (Å²) in [5, 5.41) is 29.2. The monoisotopic (exact) mass is 305 g/mol. The summed E-state index contributed by atoms with van der Waals surface area (Å²) in [6.07, 6.45) is 1.53. The highest BCUT2D eigenvalue weighted by Crippen LogP contribution is 2.62. The van der Waals surface area contributed by atoms with Crippen molar-refractivity contribution in [3.05, 3.63) is 48.6 Å². The number of esters is 1. The summed E-state index contributed by atoms with van der Waals surface area (Å²) in [6, 6.07) is 14.8. The second-order valence-corrected chi connectivity index (χ2v) is 5.56. The van der Waals surface area contributed by atoms with Crippen molar-refractivity contribution >= 4 is 5.97 Å². The number of benzene rings is 1. The van der Waals surface area contributed by atoms with Gasteiger partial charge in [0.25, 0.3) is 0 Å². The number of ether oxygens (including phenoxy) is 1. The number of carbonyl (C=O) groups is 1. The van der Waals surface area contributed by atoms with Crippen molar-refractivity contribution in [2.75, 3.05) is 7.11 Å². The molecule has 0 heterocycles. The molecule has 2 rings (SSSR count). The van der Waals surface area contributed by atoms with Crippen LogP contribution in [0.25, 0.3) is 0 Å². The highest BCUT2D eigenvalue weighted by molar-refractivity contribution is 5.84. The number of methoxy groups -OCH3 is 1. The summed E-state index contributed by atoms with van der Waals surface area (Å²) in [6.45, 7) is 3.69. The number of nitriles is 3. The van der Waals surface area contributed by atoms with Gasteiger partial charge in [-0.25, -0.2) is 0 Å². The second-order valence-electron chi connectivity index (χ2n) is 5.56. The van der Waals surface area contributed by atoms with Crippen LogP contribution in [0.3, 0.4) is 0 Å². The molecule has 1 fully saturated rings. The maximum Gasteiger partial charge on any atom is 0.327 e. The van der Waals surface area contributed by atoms with E-state index in [-0.39, 0.29) is 6.42 Å². The van der Waals surface area contributed by atoms with Crippen LogP contribution < -0.4 is 0 Å². The summed E-state index contributed by atoms with van der Waals surface area (Å²) >= 11 is 0. The molecule has 0 amide bonds. The largest absolute Gasteiger partial charge is 0.468 e. The number of rotatable bonds is 3. The van der Waals surface area contributed by atoms with Gasteiger partial charge >= 0.3 is 5.97 Å². The van der Waals surface area contributed by atoms with Crippen LogP contribution in [0.2, 0.25) is 0 Å². The second kappa shape index (κ2) is 5.95. The molecule has 1 saturated carbocycles. The van der Waals surface area contributed by atoms with Crippen LogP contribution in [-0.2, 0) is 9.53 Å². The maximum atomic E-state index is 12.5. The molecule has 0 aromatic heterocycles. The summed E-state index contributed by atoms with van der Waals surface area (Å²) in [4.78, 5) is 12.5. The van der Waals surface area contributed by atoms with Crippen LogP contribution in [0.1, 0.15) is 17.9 Å². The van der Waals surface area contributed by atoms with Crippen molar-refractivity contribution in [2.24, 2.45) is 16.7 Å². The molecule has 23 heavy (non-hydrogen) atoms. The number of hydrogen-bond acceptors (Lipinski definition) is 5. The molecular weight excluding hydrogens is 290 g/mol. The molecule has 1 aromatic carbocycles. The van der Waals surface area contributed by atoms with Gasteiger partial charge in [-0.3, -0.25) is 4.79 Å². The molecule has 0 N–H and O–H groups in total. The van der Waals surface area contributed by atoms with Crippen LogP contribution in [0, 0.1) is 50.7 Å². The van der Waals surface area contributed by atoms with Crippen molar-refractivity contribution in [1.29, 1.82) is 15.8 Å². The predicted octanol–water partition coefficient (Wildman–Crippen LogP) is 2.69. The highest BCUT2D eigenvalue weighted by atomic mass is 16.5. The van der Waals surface area contributed by atoms with Crippen LogP contribution in [-0.4, -0.2) is 13.1 Å². The molecule has 0 radical (unpaired) electrons. The smallest absolute Gasteiger partial charge is 0.327 e. The van der Waals surface area contributed by atoms with Gasteiger partial charge in [-0.15, -0.1) is 6.58 Å². The molecule has 0 spiro atoms. The van der Waals surface area contributed by atoms with E-state index in [2.05, 4.69) is 12.6 Å². The van der Waals surface area contributed by atoms with E-state index < -0.39 is 28.6 Å². The van der Waals surface area contributed by atoms with Crippen molar-refractivity contribution in [3.8, 4) is 18.2 Å². The van der Waals surface area contributed by atoms with Crippen LogP contribution in [0.5, 0.6) is 0 Å². The van der Waals surface area contributed by atoms with E-state index in [0.717, 1.165) is 0 Å². The minimum absolute atomic E-state index is 0.0612. The van der Waals surface area contributed by atoms with Gasteiger partial charge in [0.2, 0.25) is 0 Å². The van der Waals surface area contributed by atoms with E-state index in [1.165, 1.54) is 13.2 Å². The van der Waals surface area contributed by atoms with Gasteiger partial charge in [0.15, 0.2) is 10.8 Å². The van der Waals surface area contributed by atoms with Gasteiger partial charge in [-0.05, 0) is 12.0 Å². The van der Waals surface area contributed by atoms with Gasteiger partial charge in [0.05, 0.1) is 25.3 Å². The Morgan fingerprint density at radius 1 is 1.26 bits per heavy atom. The molecule has 1 aromatic rings. The molecular formula is C18H15N3O2. The Morgan fingerprint density at radius 2 is 1.87 bits per heavy atom. The number of nitrogens with zero attached hydrogens (tertiary/aromatic N) is 3. The van der Waals surface area contributed by atoms with Gasteiger partial charge in [0, 0.05) is 11.8 Å². The molecule has 114 valence electrons. The number of carbonyl (C=O) groups excluding carboxylic acids is 1. The molecule has 1 aliphatic rings. The van der Waals surface area contributed by atoms with Crippen molar-refractivity contribution < 1.29 is 9.53 Å². The number of allylic oxidation sites excluding steroid dienone is 1. The highest BCUT2D eigenvalue weighted by Gasteiger charge is 2.68. The molecule has 0 aliphatic heterocycles. The van der Waals surface area contributed by atoms with Gasteiger partial charge < -0.3 is 4.74 Å². The fourth-order valence-corrected chi connectivity index (χ4v) is 3.57. The molecule has 5 heteroatoms. The quantitative estimate of drug-likeness (QED) is 0.631. The maximum absolute atomic E-state index is 12.5. The van der Waals surface area contributed by atoms with Crippen LogP contribution in [0.4, 0.5) is 0 Å². The molecule has 0 bridgehead atoms. The Morgan fingerprint density at radius 3 is 2.30 bits per heavy atom. The Kier molecular flexibility index (Phi) is 4.21. The number of hydrogen-bond donors (Lipinski definition) is 0. The van der Waals surface area contributed by atoms with Crippen molar-refractivity contribution in [2.45, 2.75) is 12.3 Å². The summed E-state index contributed by atoms with van der Waals surface area (Å²) in [7, 11) is 1.20. The lowest BCUT2D eigenvalue weighted by molar-refractivity contribution is -0.151. The van der Waals surface area contributed by atoms with E-state index in [0.29, 0.717) is 5.56 Å². The first kappa shape index (κ1) is 16.3. The summed E-state index contributed by atoms with van der Waals surface area (Å²) in [5.41, 5.74) is -2.56.